The van der Waals surface area contributed by atoms with Crippen LogP contribution in [0.1, 0.15) is 39.1 Å². The van der Waals surface area contributed by atoms with E-state index in [9.17, 15) is 0 Å². The molecule has 0 saturated carbocycles. The molecule has 0 bridgehead atoms. The van der Waals surface area contributed by atoms with Crippen LogP contribution in [0.15, 0.2) is 4.42 Å². The van der Waals surface area contributed by atoms with E-state index in [-0.39, 0.29) is 11.5 Å². The molecule has 2 N–H and O–H groups in total. The van der Waals surface area contributed by atoms with Gasteiger partial charge in [-0.25, -0.2) is 0 Å². The molecule has 0 saturated heterocycles. The van der Waals surface area contributed by atoms with Crippen LogP contribution in [-0.2, 0) is 4.74 Å². The van der Waals surface area contributed by atoms with Crippen molar-refractivity contribution in [1.82, 2.24) is 15.5 Å². The van der Waals surface area contributed by atoms with Gasteiger partial charge in [0.05, 0.1) is 6.04 Å². The Morgan fingerprint density at radius 2 is 2.11 bits per heavy atom. The minimum Gasteiger partial charge on any atom is -0.406 e. The number of hydrogen-bond acceptors (Lipinski definition) is 6. The molecule has 1 aromatic rings. The summed E-state index contributed by atoms with van der Waals surface area (Å²) in [6.07, 6.45) is 0.977. The second kappa shape index (κ2) is 6.70. The predicted molar refractivity (Wildman–Crippen MR) is 70.5 cm³/mol. The van der Waals surface area contributed by atoms with Gasteiger partial charge in [-0.05, 0) is 25.8 Å². The van der Waals surface area contributed by atoms with Crippen LogP contribution in [0.2, 0.25) is 0 Å². The normalized spacial score (nSPS) is 13.6. The number of ether oxygens (including phenoxy) is 1. The Bertz CT molecular complexity index is 352. The molecule has 0 fully saturated rings. The van der Waals surface area contributed by atoms with E-state index < -0.39 is 0 Å². The first-order chi connectivity index (χ1) is 8.48. The highest BCUT2D eigenvalue weighted by molar-refractivity contribution is 5.18. The molecule has 0 aromatic carbocycles. The van der Waals surface area contributed by atoms with Gasteiger partial charge in [0.25, 0.3) is 0 Å². The fraction of sp³-hybridized carbons (Fsp3) is 0.833. The van der Waals surface area contributed by atoms with Crippen molar-refractivity contribution >= 4 is 6.01 Å². The van der Waals surface area contributed by atoms with E-state index in [1.165, 1.54) is 0 Å². The molecule has 6 heteroatoms. The number of hydrogen-bond donors (Lipinski definition) is 2. The molecular formula is C12H24N4O2. The van der Waals surface area contributed by atoms with Crippen molar-refractivity contribution < 1.29 is 9.15 Å². The first kappa shape index (κ1) is 14.9. The summed E-state index contributed by atoms with van der Waals surface area (Å²) in [6, 6.07) is 0.534. The lowest BCUT2D eigenvalue weighted by Gasteiger charge is -2.23. The lowest BCUT2D eigenvalue weighted by molar-refractivity contribution is 0.156. The summed E-state index contributed by atoms with van der Waals surface area (Å²) in [7, 11) is 3.57. The quantitative estimate of drug-likeness (QED) is 0.739. The summed E-state index contributed by atoms with van der Waals surface area (Å²) in [5.74, 6) is 0.592. The summed E-state index contributed by atoms with van der Waals surface area (Å²) < 4.78 is 10.6. The van der Waals surface area contributed by atoms with Gasteiger partial charge in [-0.1, -0.05) is 18.9 Å². The summed E-state index contributed by atoms with van der Waals surface area (Å²) >= 11 is 0. The van der Waals surface area contributed by atoms with E-state index in [0.717, 1.165) is 19.6 Å². The van der Waals surface area contributed by atoms with E-state index >= 15 is 0 Å². The Labute approximate surface area is 108 Å². The zero-order chi connectivity index (χ0) is 13.6. The zero-order valence-electron chi connectivity index (χ0n) is 11.9. The minimum absolute atomic E-state index is 0.0644. The number of methoxy groups -OCH3 is 1. The second-order valence-corrected chi connectivity index (χ2v) is 5.22. The Kier molecular flexibility index (Phi) is 5.55. The molecule has 0 radical (unpaired) electrons. The Balaban J connectivity index is 2.45. The van der Waals surface area contributed by atoms with Gasteiger partial charge in [-0.2, -0.15) is 0 Å². The molecular weight excluding hydrogens is 232 g/mol. The van der Waals surface area contributed by atoms with Crippen LogP contribution in [0.5, 0.6) is 0 Å². The van der Waals surface area contributed by atoms with E-state index in [0.29, 0.717) is 11.9 Å². The van der Waals surface area contributed by atoms with Gasteiger partial charge in [0.1, 0.15) is 0 Å². The highest BCUT2D eigenvalue weighted by Crippen LogP contribution is 2.21. The van der Waals surface area contributed by atoms with Crippen molar-refractivity contribution in [3.8, 4) is 0 Å². The first-order valence-corrected chi connectivity index (χ1v) is 6.22. The van der Waals surface area contributed by atoms with Gasteiger partial charge in [-0.3, -0.25) is 0 Å². The molecule has 0 amide bonds. The van der Waals surface area contributed by atoms with Gasteiger partial charge in [0.15, 0.2) is 0 Å². The summed E-state index contributed by atoms with van der Waals surface area (Å²) in [5.41, 5.74) is 0.124. The number of anilines is 1. The van der Waals surface area contributed by atoms with E-state index in [1.54, 1.807) is 7.11 Å². The number of aromatic nitrogens is 2. The van der Waals surface area contributed by atoms with Gasteiger partial charge in [0.2, 0.25) is 5.89 Å². The van der Waals surface area contributed by atoms with Crippen molar-refractivity contribution in [3.05, 3.63) is 5.89 Å². The van der Waals surface area contributed by atoms with Crippen LogP contribution in [0, 0.1) is 5.41 Å². The summed E-state index contributed by atoms with van der Waals surface area (Å²) in [4.78, 5) is 0. The zero-order valence-corrected chi connectivity index (χ0v) is 11.9. The lowest BCUT2D eigenvalue weighted by Crippen LogP contribution is -2.24. The topological polar surface area (TPSA) is 72.2 Å². The highest BCUT2D eigenvalue weighted by Gasteiger charge is 2.19. The van der Waals surface area contributed by atoms with Crippen molar-refractivity contribution in [2.24, 2.45) is 5.41 Å². The van der Waals surface area contributed by atoms with Gasteiger partial charge < -0.3 is 19.8 Å². The standard InChI is InChI=1S/C12H24N4O2/c1-9(13-4)10-15-16-11(18-10)14-8-12(2,3)6-7-17-5/h9,13H,6-8H2,1-5H3,(H,14,16). The maximum Gasteiger partial charge on any atom is 0.315 e. The minimum atomic E-state index is 0.0644. The van der Waals surface area contributed by atoms with Crippen LogP contribution in [0.25, 0.3) is 0 Å². The molecule has 1 aromatic heterocycles. The smallest absolute Gasteiger partial charge is 0.315 e. The molecule has 1 atom stereocenters. The summed E-state index contributed by atoms with van der Waals surface area (Å²) in [5, 5.41) is 14.2. The third-order valence-corrected chi connectivity index (χ3v) is 2.95. The second-order valence-electron chi connectivity index (χ2n) is 5.22. The average molecular weight is 256 g/mol. The molecule has 6 nitrogen and oxygen atoms in total. The third kappa shape index (κ3) is 4.62. The molecule has 1 unspecified atom stereocenters. The SMILES string of the molecule is CNC(C)c1nnc(NCC(C)(C)CCOC)o1. The van der Waals surface area contributed by atoms with Gasteiger partial charge in [-0.15, -0.1) is 5.10 Å². The third-order valence-electron chi connectivity index (χ3n) is 2.95. The van der Waals surface area contributed by atoms with Crippen LogP contribution < -0.4 is 10.6 Å². The maximum absolute atomic E-state index is 5.51. The van der Waals surface area contributed by atoms with Gasteiger partial charge in [0, 0.05) is 20.3 Å². The number of nitrogens with one attached hydrogen (secondary N) is 2. The molecule has 0 aliphatic rings. The highest BCUT2D eigenvalue weighted by atomic mass is 16.5. The molecule has 104 valence electrons. The van der Waals surface area contributed by atoms with Crippen LogP contribution in [-0.4, -0.2) is 37.5 Å². The molecule has 18 heavy (non-hydrogen) atoms. The Morgan fingerprint density at radius 3 is 2.72 bits per heavy atom. The van der Waals surface area contributed by atoms with Crippen LogP contribution in [0.3, 0.4) is 0 Å². The van der Waals surface area contributed by atoms with Crippen LogP contribution >= 0.6 is 0 Å². The van der Waals surface area contributed by atoms with Crippen LogP contribution in [0.4, 0.5) is 6.01 Å². The van der Waals surface area contributed by atoms with E-state index in [1.807, 2.05) is 14.0 Å². The monoisotopic (exact) mass is 256 g/mol. The number of nitrogens with zero attached hydrogens (tertiary/aromatic N) is 2. The van der Waals surface area contributed by atoms with E-state index in [2.05, 4.69) is 34.7 Å². The molecule has 0 spiro atoms. The Hall–Kier alpha value is -1.14. The Morgan fingerprint density at radius 1 is 1.39 bits per heavy atom. The van der Waals surface area contributed by atoms with Gasteiger partial charge >= 0.3 is 6.01 Å². The predicted octanol–water partition coefficient (Wildman–Crippen LogP) is 1.82. The van der Waals surface area contributed by atoms with Crippen molar-refractivity contribution in [1.29, 1.82) is 0 Å². The fourth-order valence-electron chi connectivity index (χ4n) is 1.39. The van der Waals surface area contributed by atoms with Crippen molar-refractivity contribution in [3.63, 3.8) is 0 Å². The average Bonchev–Trinajstić information content (AvgIpc) is 2.82. The number of rotatable bonds is 8. The van der Waals surface area contributed by atoms with Crippen molar-refractivity contribution in [2.45, 2.75) is 33.2 Å². The molecule has 0 aliphatic carbocycles. The molecule has 1 heterocycles. The van der Waals surface area contributed by atoms with E-state index in [4.69, 9.17) is 9.15 Å². The lowest BCUT2D eigenvalue weighted by atomic mass is 9.90. The van der Waals surface area contributed by atoms with Crippen molar-refractivity contribution in [2.75, 3.05) is 32.6 Å². The first-order valence-electron chi connectivity index (χ1n) is 6.22. The summed E-state index contributed by atoms with van der Waals surface area (Å²) in [6.45, 7) is 7.84. The maximum atomic E-state index is 5.51. The molecule has 1 rings (SSSR count). The molecule has 0 aliphatic heterocycles. The fourth-order valence-corrected chi connectivity index (χ4v) is 1.39. The largest absolute Gasteiger partial charge is 0.406 e.